The first-order chi connectivity index (χ1) is 21.6. The molecule has 3 fully saturated rings. The van der Waals surface area contributed by atoms with Crippen molar-refractivity contribution in [1.82, 2.24) is 0 Å². The highest BCUT2D eigenvalue weighted by Gasteiger charge is 2.53. The zero-order valence-corrected chi connectivity index (χ0v) is 25.7. The van der Waals surface area contributed by atoms with Crippen LogP contribution in [0.5, 0.6) is 0 Å². The fourth-order valence-corrected chi connectivity index (χ4v) is 6.20. The monoisotopic (exact) mass is 604 g/mol. The Bertz CT molecular complexity index is 1260. The molecule has 236 valence electrons. The quantitative estimate of drug-likeness (QED) is 0.262. The van der Waals surface area contributed by atoms with Crippen LogP contribution in [-0.4, -0.2) is 63.4 Å². The number of rotatable bonds is 11. The molecule has 44 heavy (non-hydrogen) atoms. The van der Waals surface area contributed by atoms with Gasteiger partial charge in [-0.1, -0.05) is 105 Å². The molecule has 3 heterocycles. The molecule has 5 unspecified atom stereocenters. The predicted octanol–water partition coefficient (Wildman–Crippen LogP) is 6.05. The van der Waals surface area contributed by atoms with Gasteiger partial charge in [0.05, 0.1) is 32.5 Å². The molecule has 0 spiro atoms. The third-order valence-corrected chi connectivity index (χ3v) is 8.95. The van der Waals surface area contributed by atoms with E-state index in [1.54, 1.807) is 7.11 Å². The van der Waals surface area contributed by atoms with E-state index < -0.39 is 37.2 Å². The molecule has 3 aromatic rings. The van der Waals surface area contributed by atoms with Gasteiger partial charge in [0, 0.05) is 19.1 Å². The zero-order chi connectivity index (χ0) is 30.3. The topological polar surface area (TPSA) is 73.8 Å². The normalized spacial score (nSPS) is 33.9. The highest BCUT2D eigenvalue weighted by molar-refractivity contribution is 5.17. The van der Waals surface area contributed by atoms with Crippen LogP contribution in [0.15, 0.2) is 91.0 Å². The maximum absolute atomic E-state index is 6.77. The summed E-state index contributed by atoms with van der Waals surface area (Å²) in [5.74, 6) is 0.675. The van der Waals surface area contributed by atoms with E-state index >= 15 is 0 Å². The summed E-state index contributed by atoms with van der Waals surface area (Å²) in [5.41, 5.74) is 3.13. The average molecular weight is 605 g/mol. The zero-order valence-electron chi connectivity index (χ0n) is 25.7. The number of fused-ring (bicyclic) bond motifs is 1. The van der Waals surface area contributed by atoms with Crippen LogP contribution < -0.4 is 0 Å². The smallest absolute Gasteiger partial charge is 0.186 e. The molecular formula is C36H44O8. The van der Waals surface area contributed by atoms with Gasteiger partial charge in [-0.15, -0.1) is 0 Å². The fraction of sp³-hybridized carbons (Fsp3) is 0.500. The number of benzene rings is 3. The molecule has 10 atom stereocenters. The van der Waals surface area contributed by atoms with E-state index in [1.165, 1.54) is 0 Å². The average Bonchev–Trinajstić information content (AvgIpc) is 3.07. The van der Waals surface area contributed by atoms with Gasteiger partial charge in [-0.25, -0.2) is 0 Å². The van der Waals surface area contributed by atoms with Crippen LogP contribution in [0, 0.1) is 11.8 Å². The first-order valence-electron chi connectivity index (χ1n) is 15.7. The van der Waals surface area contributed by atoms with Crippen molar-refractivity contribution in [2.75, 3.05) is 20.3 Å². The molecule has 0 radical (unpaired) electrons. The van der Waals surface area contributed by atoms with Crippen molar-refractivity contribution < 1.29 is 37.9 Å². The van der Waals surface area contributed by atoms with E-state index in [2.05, 4.69) is 26.0 Å². The second-order valence-corrected chi connectivity index (χ2v) is 12.0. The van der Waals surface area contributed by atoms with Gasteiger partial charge in [0.15, 0.2) is 18.9 Å². The van der Waals surface area contributed by atoms with Gasteiger partial charge < -0.3 is 37.9 Å². The van der Waals surface area contributed by atoms with Crippen LogP contribution in [0.3, 0.4) is 0 Å². The molecule has 3 aliphatic rings. The van der Waals surface area contributed by atoms with Crippen LogP contribution in [0.4, 0.5) is 0 Å². The first kappa shape index (κ1) is 31.3. The van der Waals surface area contributed by atoms with E-state index in [1.807, 2.05) is 78.9 Å². The molecule has 3 aromatic carbocycles. The standard InChI is InChI=1S/C36H44O8/c1-24-19-31(41-29(25(24)2)22-38-20-26-13-7-4-8-14-26)43-34-33(39-21-27-15-9-5-10-16-27)32-30(42-36(34)37-3)23-40-35(44-32)28-17-11-6-12-18-28/h4-18,24-25,29-36H,19-23H2,1-3H3/t24?,25-,29?,30+,31-,32?,33?,34?,35+,36-/m0/s1. The van der Waals surface area contributed by atoms with Crippen molar-refractivity contribution in [2.45, 2.75) is 82.9 Å². The van der Waals surface area contributed by atoms with Gasteiger partial charge >= 0.3 is 0 Å². The fourth-order valence-electron chi connectivity index (χ4n) is 6.20. The highest BCUT2D eigenvalue weighted by Crippen LogP contribution is 2.39. The van der Waals surface area contributed by atoms with E-state index in [0.29, 0.717) is 38.3 Å². The molecule has 3 aliphatic heterocycles. The molecule has 0 bridgehead atoms. The lowest BCUT2D eigenvalue weighted by Gasteiger charge is -2.50. The molecule has 0 amide bonds. The minimum Gasteiger partial charge on any atom is -0.374 e. The summed E-state index contributed by atoms with van der Waals surface area (Å²) < 4.78 is 51.0. The lowest BCUT2D eigenvalue weighted by molar-refractivity contribution is -0.385. The number of ether oxygens (including phenoxy) is 8. The largest absolute Gasteiger partial charge is 0.374 e. The maximum atomic E-state index is 6.77. The van der Waals surface area contributed by atoms with E-state index in [4.69, 9.17) is 37.9 Å². The van der Waals surface area contributed by atoms with Gasteiger partial charge in [0.25, 0.3) is 0 Å². The second kappa shape index (κ2) is 15.1. The summed E-state index contributed by atoms with van der Waals surface area (Å²) in [6, 6.07) is 30.2. The Morgan fingerprint density at radius 3 is 2.09 bits per heavy atom. The third-order valence-electron chi connectivity index (χ3n) is 8.95. The predicted molar refractivity (Wildman–Crippen MR) is 163 cm³/mol. The Morgan fingerprint density at radius 2 is 1.41 bits per heavy atom. The second-order valence-electron chi connectivity index (χ2n) is 12.0. The van der Waals surface area contributed by atoms with Crippen molar-refractivity contribution in [3.8, 4) is 0 Å². The molecule has 8 nitrogen and oxygen atoms in total. The molecule has 8 heteroatoms. The van der Waals surface area contributed by atoms with E-state index in [-0.39, 0.29) is 12.2 Å². The molecule has 0 aromatic heterocycles. The highest BCUT2D eigenvalue weighted by atomic mass is 16.8. The lowest BCUT2D eigenvalue weighted by Crippen LogP contribution is -2.64. The lowest BCUT2D eigenvalue weighted by atomic mass is 9.85. The maximum Gasteiger partial charge on any atom is 0.186 e. The van der Waals surface area contributed by atoms with Crippen LogP contribution in [0.1, 0.15) is 43.2 Å². The summed E-state index contributed by atoms with van der Waals surface area (Å²) in [6.45, 7) is 6.21. The molecule has 6 rings (SSSR count). The summed E-state index contributed by atoms with van der Waals surface area (Å²) in [4.78, 5) is 0. The summed E-state index contributed by atoms with van der Waals surface area (Å²) in [6.07, 6.45) is -3.02. The van der Waals surface area contributed by atoms with Crippen molar-refractivity contribution in [2.24, 2.45) is 11.8 Å². The van der Waals surface area contributed by atoms with E-state index in [9.17, 15) is 0 Å². The van der Waals surface area contributed by atoms with Crippen molar-refractivity contribution >= 4 is 0 Å². The number of hydrogen-bond acceptors (Lipinski definition) is 8. The van der Waals surface area contributed by atoms with Crippen molar-refractivity contribution in [3.05, 3.63) is 108 Å². The number of hydrogen-bond donors (Lipinski definition) is 0. The Labute approximate surface area is 260 Å². The SMILES string of the molecule is CO[C@H]1O[C@@H]2CO[C@@H](c3ccccc3)OC2C(OCc2ccccc2)C1O[C@H]1CC(C)[C@H](C)C(COCc2ccccc2)O1. The van der Waals surface area contributed by atoms with Crippen LogP contribution in [0.25, 0.3) is 0 Å². The molecule has 0 aliphatic carbocycles. The molecular weight excluding hydrogens is 560 g/mol. The number of methoxy groups -OCH3 is 1. The van der Waals surface area contributed by atoms with Gasteiger partial charge in [-0.05, 0) is 23.0 Å². The third kappa shape index (κ3) is 7.58. The van der Waals surface area contributed by atoms with Gasteiger partial charge in [0.2, 0.25) is 0 Å². The molecule has 3 saturated heterocycles. The van der Waals surface area contributed by atoms with E-state index in [0.717, 1.165) is 23.1 Å². The summed E-state index contributed by atoms with van der Waals surface area (Å²) in [5, 5.41) is 0. The molecule has 0 saturated carbocycles. The van der Waals surface area contributed by atoms with Gasteiger partial charge in [-0.2, -0.15) is 0 Å². The Kier molecular flexibility index (Phi) is 10.7. The van der Waals surface area contributed by atoms with Crippen molar-refractivity contribution in [1.29, 1.82) is 0 Å². The van der Waals surface area contributed by atoms with Gasteiger partial charge in [0.1, 0.15) is 24.4 Å². The van der Waals surface area contributed by atoms with Crippen LogP contribution >= 0.6 is 0 Å². The van der Waals surface area contributed by atoms with Crippen LogP contribution in [0.2, 0.25) is 0 Å². The minimum atomic E-state index is -0.691. The Morgan fingerprint density at radius 1 is 0.750 bits per heavy atom. The summed E-state index contributed by atoms with van der Waals surface area (Å²) >= 11 is 0. The Balaban J connectivity index is 1.19. The molecule has 0 N–H and O–H groups in total. The minimum absolute atomic E-state index is 0.115. The van der Waals surface area contributed by atoms with Gasteiger partial charge in [-0.3, -0.25) is 0 Å². The van der Waals surface area contributed by atoms with Crippen molar-refractivity contribution in [3.63, 3.8) is 0 Å². The summed E-state index contributed by atoms with van der Waals surface area (Å²) in [7, 11) is 1.62. The first-order valence-corrected chi connectivity index (χ1v) is 15.7. The Hall–Kier alpha value is -2.66. The van der Waals surface area contributed by atoms with Crippen LogP contribution in [-0.2, 0) is 51.1 Å².